The largest absolute Gasteiger partial charge is 0.314 e. The summed E-state index contributed by atoms with van der Waals surface area (Å²) in [6.07, 6.45) is 6.49. The number of para-hydroxylation sites is 4. The van der Waals surface area contributed by atoms with Crippen LogP contribution in [0.1, 0.15) is 43.4 Å². The average molecular weight is 1010 g/mol. The van der Waals surface area contributed by atoms with Gasteiger partial charge in [-0.15, -0.1) is 0 Å². The molecular weight excluding hydrogens is 957 g/mol. The van der Waals surface area contributed by atoms with E-state index in [1.54, 1.807) is 0 Å². The summed E-state index contributed by atoms with van der Waals surface area (Å²) in [6, 6.07) is 98.1. The van der Waals surface area contributed by atoms with Gasteiger partial charge < -0.3 is 18.9 Å². The lowest BCUT2D eigenvalue weighted by atomic mass is 9.82. The standard InChI is InChI=1S/C75H56N4/c1-75(2)69-23-11-6-18-63(69)68-50-62(48-49-70(68)75)77(59-42-46-61(47-43-59)79-73-26-14-9-21-66(73)67-22-10-15-27-74(67)79)57-38-32-54(33-39-57)53-30-36-56(37-31-53)76(55-34-28-52(29-35-55)51-16-4-3-5-17-51)58-40-44-60(45-41-58)78-71-24-12-7-19-64(71)65-20-8-13-25-72(65)78/h3-30,32-36,38-50H,31,37H2,1-2H3. The highest BCUT2D eigenvalue weighted by Crippen LogP contribution is 2.51. The molecule has 79 heavy (non-hydrogen) atoms. The molecule has 0 N–H and O–H groups in total. The Morgan fingerprint density at radius 3 is 1.23 bits per heavy atom. The Morgan fingerprint density at radius 1 is 0.316 bits per heavy atom. The van der Waals surface area contributed by atoms with E-state index in [-0.39, 0.29) is 5.41 Å². The molecule has 2 aromatic heterocycles. The average Bonchev–Trinajstić information content (AvgIpc) is 4.29. The van der Waals surface area contributed by atoms with Gasteiger partial charge in [0.2, 0.25) is 0 Å². The number of benzene rings is 11. The molecule has 0 saturated heterocycles. The molecule has 0 aliphatic heterocycles. The molecule has 0 spiro atoms. The van der Waals surface area contributed by atoms with Crippen molar-refractivity contribution in [2.45, 2.75) is 32.1 Å². The minimum atomic E-state index is -0.0774. The van der Waals surface area contributed by atoms with Gasteiger partial charge in [-0.3, -0.25) is 0 Å². The van der Waals surface area contributed by atoms with E-state index in [1.807, 2.05) is 0 Å². The third-order valence-corrected chi connectivity index (χ3v) is 16.9. The maximum Gasteiger partial charge on any atom is 0.0541 e. The van der Waals surface area contributed by atoms with E-state index >= 15 is 0 Å². The molecule has 0 atom stereocenters. The van der Waals surface area contributed by atoms with Gasteiger partial charge in [-0.25, -0.2) is 0 Å². The van der Waals surface area contributed by atoms with Gasteiger partial charge in [0.15, 0.2) is 0 Å². The van der Waals surface area contributed by atoms with Crippen molar-refractivity contribution in [1.29, 1.82) is 0 Å². The number of aromatic nitrogens is 2. The van der Waals surface area contributed by atoms with Gasteiger partial charge >= 0.3 is 0 Å². The van der Waals surface area contributed by atoms with Crippen LogP contribution >= 0.6 is 0 Å². The summed E-state index contributed by atoms with van der Waals surface area (Å²) >= 11 is 0. The Kier molecular flexibility index (Phi) is 11.0. The van der Waals surface area contributed by atoms with Crippen LogP contribution in [0.3, 0.4) is 0 Å². The summed E-state index contributed by atoms with van der Waals surface area (Å²) in [6.45, 7) is 4.70. The lowest BCUT2D eigenvalue weighted by Crippen LogP contribution is -2.18. The van der Waals surface area contributed by atoms with E-state index in [2.05, 4.69) is 312 Å². The van der Waals surface area contributed by atoms with Crippen LogP contribution in [-0.4, -0.2) is 9.13 Å². The molecule has 0 radical (unpaired) electrons. The summed E-state index contributed by atoms with van der Waals surface area (Å²) in [4.78, 5) is 4.87. The van der Waals surface area contributed by atoms with Gasteiger partial charge in [-0.05, 0) is 173 Å². The SMILES string of the molecule is CC1(C)c2ccccc2-c2cc(N(c3ccc(C4=CC=C(N(c5ccc(-c6ccccc6)cc5)c5ccc(-n6c7ccccc7c7ccccc76)cc5)CC4)cc3)c3ccc(-n4c5ccccc5c5ccccc54)cc3)ccc21. The number of nitrogens with zero attached hydrogens (tertiary/aromatic N) is 4. The van der Waals surface area contributed by atoms with Crippen molar-refractivity contribution in [3.63, 3.8) is 0 Å². The van der Waals surface area contributed by atoms with E-state index in [0.717, 1.165) is 52.7 Å². The Morgan fingerprint density at radius 2 is 0.722 bits per heavy atom. The summed E-state index contributed by atoms with van der Waals surface area (Å²) in [5.41, 5.74) is 24.3. The molecule has 376 valence electrons. The molecule has 2 aliphatic carbocycles. The quantitative estimate of drug-likeness (QED) is 0.136. The minimum Gasteiger partial charge on any atom is -0.314 e. The molecule has 11 aromatic carbocycles. The lowest BCUT2D eigenvalue weighted by molar-refractivity contribution is 0.660. The van der Waals surface area contributed by atoms with Gasteiger partial charge in [-0.1, -0.05) is 178 Å². The summed E-state index contributed by atoms with van der Waals surface area (Å²) in [7, 11) is 0. The fourth-order valence-corrected chi connectivity index (χ4v) is 13.0. The fraction of sp³-hybridized carbons (Fsp3) is 0.0667. The van der Waals surface area contributed by atoms with E-state index in [9.17, 15) is 0 Å². The first kappa shape index (κ1) is 46.4. The smallest absolute Gasteiger partial charge is 0.0541 e. The predicted octanol–water partition coefficient (Wildman–Crippen LogP) is 20.2. The van der Waals surface area contributed by atoms with Crippen molar-refractivity contribution < 1.29 is 0 Å². The Bertz CT molecular complexity index is 4430. The molecule has 0 amide bonds. The first-order valence-corrected chi connectivity index (χ1v) is 27.6. The highest BCUT2D eigenvalue weighted by Gasteiger charge is 2.35. The van der Waals surface area contributed by atoms with Crippen LogP contribution in [0.5, 0.6) is 0 Å². The van der Waals surface area contributed by atoms with E-state index in [1.165, 1.54) is 93.8 Å². The van der Waals surface area contributed by atoms with Crippen molar-refractivity contribution >= 4 is 77.6 Å². The second-order valence-corrected chi connectivity index (χ2v) is 21.7. The van der Waals surface area contributed by atoms with E-state index < -0.39 is 0 Å². The second-order valence-electron chi connectivity index (χ2n) is 21.7. The third-order valence-electron chi connectivity index (χ3n) is 16.9. The molecule has 15 rings (SSSR count). The fourth-order valence-electron chi connectivity index (χ4n) is 13.0. The lowest BCUT2D eigenvalue weighted by Gasteiger charge is -2.30. The molecule has 2 heterocycles. The summed E-state index contributed by atoms with van der Waals surface area (Å²) in [5.74, 6) is 0. The molecular formula is C75H56N4. The topological polar surface area (TPSA) is 16.3 Å². The van der Waals surface area contributed by atoms with Gasteiger partial charge in [0, 0.05) is 72.5 Å². The van der Waals surface area contributed by atoms with Crippen LogP contribution in [0.2, 0.25) is 0 Å². The highest BCUT2D eigenvalue weighted by atomic mass is 15.2. The van der Waals surface area contributed by atoms with Crippen molar-refractivity contribution in [3.05, 3.63) is 301 Å². The second kappa shape index (κ2) is 18.7. The maximum atomic E-state index is 2.45. The van der Waals surface area contributed by atoms with E-state index in [4.69, 9.17) is 0 Å². The number of allylic oxidation sites excluding steroid dienone is 4. The van der Waals surface area contributed by atoms with Crippen molar-refractivity contribution in [2.24, 2.45) is 0 Å². The molecule has 4 nitrogen and oxygen atoms in total. The number of fused-ring (bicyclic) bond motifs is 9. The Hall–Kier alpha value is -9.90. The maximum absolute atomic E-state index is 2.45. The molecule has 0 bridgehead atoms. The van der Waals surface area contributed by atoms with Crippen LogP contribution in [0, 0.1) is 0 Å². The minimum absolute atomic E-state index is 0.0774. The highest BCUT2D eigenvalue weighted by molar-refractivity contribution is 6.10. The van der Waals surface area contributed by atoms with Crippen LogP contribution < -0.4 is 9.80 Å². The predicted molar refractivity (Wildman–Crippen MR) is 333 cm³/mol. The molecule has 2 aliphatic rings. The van der Waals surface area contributed by atoms with Crippen LogP contribution in [-0.2, 0) is 5.41 Å². The molecule has 4 heteroatoms. The normalized spacial score (nSPS) is 13.6. The van der Waals surface area contributed by atoms with Gasteiger partial charge in [-0.2, -0.15) is 0 Å². The molecule has 13 aromatic rings. The van der Waals surface area contributed by atoms with Crippen LogP contribution in [0.4, 0.5) is 28.4 Å². The third kappa shape index (κ3) is 7.74. The van der Waals surface area contributed by atoms with Crippen molar-refractivity contribution in [2.75, 3.05) is 9.80 Å². The van der Waals surface area contributed by atoms with Crippen molar-refractivity contribution in [3.8, 4) is 33.6 Å². The number of anilines is 5. The molecule has 0 fully saturated rings. The first-order valence-electron chi connectivity index (χ1n) is 27.6. The van der Waals surface area contributed by atoms with E-state index in [0.29, 0.717) is 0 Å². The zero-order valence-corrected chi connectivity index (χ0v) is 44.3. The molecule has 0 unspecified atom stereocenters. The summed E-state index contributed by atoms with van der Waals surface area (Å²) < 4.78 is 4.78. The number of hydrogen-bond donors (Lipinski definition) is 0. The van der Waals surface area contributed by atoms with Gasteiger partial charge in [0.05, 0.1) is 22.1 Å². The number of hydrogen-bond acceptors (Lipinski definition) is 2. The number of rotatable bonds is 10. The Labute approximate surface area is 461 Å². The Balaban J connectivity index is 0.785. The summed E-state index contributed by atoms with van der Waals surface area (Å²) in [5, 5.41) is 5.05. The monoisotopic (exact) mass is 1010 g/mol. The van der Waals surface area contributed by atoms with Gasteiger partial charge in [0.1, 0.15) is 0 Å². The van der Waals surface area contributed by atoms with Gasteiger partial charge in [0.25, 0.3) is 0 Å². The van der Waals surface area contributed by atoms with Crippen LogP contribution in [0.15, 0.2) is 285 Å². The van der Waals surface area contributed by atoms with Crippen LogP contribution in [0.25, 0.3) is 82.8 Å². The zero-order valence-electron chi connectivity index (χ0n) is 44.3. The first-order chi connectivity index (χ1) is 38.9. The molecule has 0 saturated carbocycles. The van der Waals surface area contributed by atoms with Crippen molar-refractivity contribution in [1.82, 2.24) is 9.13 Å². The zero-order chi connectivity index (χ0) is 52.6.